The summed E-state index contributed by atoms with van der Waals surface area (Å²) in [5.74, 6) is -0.598. The molecule has 2 aromatic rings. The van der Waals surface area contributed by atoms with Crippen molar-refractivity contribution >= 4 is 17.6 Å². The number of hydrogen-bond donors (Lipinski definition) is 1. The Labute approximate surface area is 213 Å². The predicted octanol–water partition coefficient (Wildman–Crippen LogP) is 5.43. The van der Waals surface area contributed by atoms with Gasteiger partial charge < -0.3 is 14.6 Å². The van der Waals surface area contributed by atoms with E-state index in [0.29, 0.717) is 26.0 Å². The molecule has 3 rings (SSSR count). The molecule has 2 aromatic carbocycles. The molecule has 35 heavy (non-hydrogen) atoms. The monoisotopic (exact) mass is 505 g/mol. The SMILES string of the molecule is CCOC(=O)CCc1cc(C)ccc1[C@@H](C)OC[C@H](O)CN1CCC[C@H]1Cc1ccc(Cl)c(F)c1. The number of aryl methyl sites for hydroxylation is 2. The highest BCUT2D eigenvalue weighted by Gasteiger charge is 2.27. The Morgan fingerprint density at radius 2 is 2.09 bits per heavy atom. The van der Waals surface area contributed by atoms with Crippen LogP contribution in [0.25, 0.3) is 0 Å². The van der Waals surface area contributed by atoms with Gasteiger partial charge in [0.15, 0.2) is 0 Å². The van der Waals surface area contributed by atoms with E-state index in [1.54, 1.807) is 13.0 Å². The minimum Gasteiger partial charge on any atom is -0.466 e. The highest BCUT2D eigenvalue weighted by molar-refractivity contribution is 6.30. The van der Waals surface area contributed by atoms with Crippen LogP contribution in [0.4, 0.5) is 4.39 Å². The molecule has 1 N–H and O–H groups in total. The molecule has 1 aliphatic heterocycles. The average molecular weight is 506 g/mol. The van der Waals surface area contributed by atoms with Crippen LogP contribution in [0.1, 0.15) is 61.5 Å². The number of likely N-dealkylation sites (tertiary alicyclic amines) is 1. The van der Waals surface area contributed by atoms with E-state index < -0.39 is 11.9 Å². The van der Waals surface area contributed by atoms with Crippen molar-refractivity contribution in [2.75, 3.05) is 26.3 Å². The quantitative estimate of drug-likeness (QED) is 0.390. The topological polar surface area (TPSA) is 59.0 Å². The molecule has 192 valence electrons. The van der Waals surface area contributed by atoms with Crippen LogP contribution in [-0.2, 0) is 27.1 Å². The fraction of sp³-hybridized carbons (Fsp3) is 0.536. The number of ether oxygens (including phenoxy) is 2. The smallest absolute Gasteiger partial charge is 0.306 e. The third-order valence-electron chi connectivity index (χ3n) is 6.58. The molecule has 0 radical (unpaired) electrons. The van der Waals surface area contributed by atoms with Crippen LogP contribution in [0.2, 0.25) is 5.02 Å². The summed E-state index contributed by atoms with van der Waals surface area (Å²) in [6, 6.07) is 11.4. The van der Waals surface area contributed by atoms with Gasteiger partial charge in [0.1, 0.15) is 5.82 Å². The second-order valence-electron chi connectivity index (χ2n) is 9.38. The number of esters is 1. The predicted molar refractivity (Wildman–Crippen MR) is 136 cm³/mol. The first kappa shape index (κ1) is 27.6. The van der Waals surface area contributed by atoms with E-state index in [2.05, 4.69) is 11.0 Å². The molecule has 0 saturated carbocycles. The Kier molecular flexibility index (Phi) is 10.5. The molecule has 1 saturated heterocycles. The molecule has 0 aliphatic carbocycles. The maximum absolute atomic E-state index is 13.8. The van der Waals surface area contributed by atoms with Gasteiger partial charge in [0.2, 0.25) is 0 Å². The molecule has 1 fully saturated rings. The lowest BCUT2D eigenvalue weighted by Crippen LogP contribution is -2.39. The number of hydrogen-bond acceptors (Lipinski definition) is 5. The van der Waals surface area contributed by atoms with Crippen LogP contribution in [0, 0.1) is 12.7 Å². The van der Waals surface area contributed by atoms with Crippen LogP contribution < -0.4 is 0 Å². The zero-order valence-corrected chi connectivity index (χ0v) is 21.7. The van der Waals surface area contributed by atoms with Crippen LogP contribution in [0.15, 0.2) is 36.4 Å². The average Bonchev–Trinajstić information content (AvgIpc) is 3.25. The summed E-state index contributed by atoms with van der Waals surface area (Å²) in [6.45, 7) is 7.81. The second kappa shape index (κ2) is 13.4. The van der Waals surface area contributed by atoms with Gasteiger partial charge in [0, 0.05) is 19.0 Å². The Bertz CT molecular complexity index is 985. The van der Waals surface area contributed by atoms with Crippen molar-refractivity contribution in [2.45, 2.75) is 71.1 Å². The van der Waals surface area contributed by atoms with Crippen LogP contribution in [0.3, 0.4) is 0 Å². The second-order valence-corrected chi connectivity index (χ2v) is 9.79. The van der Waals surface area contributed by atoms with Gasteiger partial charge in [0.25, 0.3) is 0 Å². The Hall–Kier alpha value is -1.99. The fourth-order valence-corrected chi connectivity index (χ4v) is 4.91. The van der Waals surface area contributed by atoms with E-state index in [4.69, 9.17) is 21.1 Å². The first-order valence-corrected chi connectivity index (χ1v) is 12.9. The molecule has 0 unspecified atom stereocenters. The van der Waals surface area contributed by atoms with Crippen molar-refractivity contribution in [3.05, 3.63) is 69.5 Å². The molecule has 1 aliphatic rings. The van der Waals surface area contributed by atoms with Gasteiger partial charge in [-0.05, 0) is 81.8 Å². The van der Waals surface area contributed by atoms with Crippen molar-refractivity contribution in [3.8, 4) is 0 Å². The number of halogens is 2. The maximum Gasteiger partial charge on any atom is 0.306 e. The van der Waals surface area contributed by atoms with E-state index in [-0.39, 0.29) is 29.7 Å². The Morgan fingerprint density at radius 1 is 1.29 bits per heavy atom. The summed E-state index contributed by atoms with van der Waals surface area (Å²) in [7, 11) is 0. The van der Waals surface area contributed by atoms with Crippen molar-refractivity contribution in [1.29, 1.82) is 0 Å². The van der Waals surface area contributed by atoms with Crippen LogP contribution in [0.5, 0.6) is 0 Å². The molecule has 7 heteroatoms. The van der Waals surface area contributed by atoms with E-state index in [0.717, 1.165) is 48.1 Å². The minimum atomic E-state index is -0.631. The normalized spacial score (nSPS) is 17.9. The van der Waals surface area contributed by atoms with Crippen LogP contribution in [-0.4, -0.2) is 54.4 Å². The lowest BCUT2D eigenvalue weighted by Gasteiger charge is -2.28. The molecule has 0 spiro atoms. The number of aliphatic hydroxyl groups is 1. The van der Waals surface area contributed by atoms with Gasteiger partial charge in [-0.2, -0.15) is 0 Å². The van der Waals surface area contributed by atoms with Crippen molar-refractivity contribution < 1.29 is 23.8 Å². The van der Waals surface area contributed by atoms with Gasteiger partial charge >= 0.3 is 5.97 Å². The molecule has 0 bridgehead atoms. The molecule has 1 heterocycles. The van der Waals surface area contributed by atoms with Crippen molar-refractivity contribution in [1.82, 2.24) is 4.90 Å². The molecule has 3 atom stereocenters. The van der Waals surface area contributed by atoms with Gasteiger partial charge in [-0.3, -0.25) is 9.69 Å². The largest absolute Gasteiger partial charge is 0.466 e. The van der Waals surface area contributed by atoms with Crippen molar-refractivity contribution in [2.24, 2.45) is 0 Å². The van der Waals surface area contributed by atoms with Crippen LogP contribution >= 0.6 is 11.6 Å². The lowest BCUT2D eigenvalue weighted by molar-refractivity contribution is -0.143. The highest BCUT2D eigenvalue weighted by atomic mass is 35.5. The summed E-state index contributed by atoms with van der Waals surface area (Å²) in [6.07, 6.45) is 2.87. The first-order valence-electron chi connectivity index (χ1n) is 12.5. The molecular weight excluding hydrogens is 469 g/mol. The fourth-order valence-electron chi connectivity index (χ4n) is 4.79. The van der Waals surface area contributed by atoms with Gasteiger partial charge in [0.05, 0.1) is 30.4 Å². The van der Waals surface area contributed by atoms with E-state index >= 15 is 0 Å². The molecular formula is C28H37ClFNO4. The number of carbonyl (C=O) groups is 1. The van der Waals surface area contributed by atoms with Gasteiger partial charge in [-0.15, -0.1) is 0 Å². The number of nitrogens with zero attached hydrogens (tertiary/aromatic N) is 1. The number of rotatable bonds is 12. The number of aliphatic hydroxyl groups excluding tert-OH is 1. The third-order valence-corrected chi connectivity index (χ3v) is 6.89. The minimum absolute atomic E-state index is 0.136. The summed E-state index contributed by atoms with van der Waals surface area (Å²) in [5, 5.41) is 10.8. The standard InChI is InChI=1S/C28H37ClFNO4/c1-4-34-28(33)12-9-22-14-19(2)7-10-25(22)20(3)35-18-24(32)17-31-13-5-6-23(31)15-21-8-11-26(29)27(30)16-21/h7-8,10-11,14,16,20,23-24,32H,4-6,9,12-13,15,17-18H2,1-3H3/t20-,23+,24-/m1/s1. The summed E-state index contributed by atoms with van der Waals surface area (Å²) in [5.41, 5.74) is 4.13. The number of β-amino-alcohol motifs (C(OH)–C–C–N with tert-alkyl or cyclic N) is 1. The van der Waals surface area contributed by atoms with E-state index in [9.17, 15) is 14.3 Å². The maximum atomic E-state index is 13.8. The zero-order valence-electron chi connectivity index (χ0n) is 20.9. The Morgan fingerprint density at radius 3 is 2.83 bits per heavy atom. The molecule has 5 nitrogen and oxygen atoms in total. The third kappa shape index (κ3) is 8.28. The first-order chi connectivity index (χ1) is 16.8. The Balaban J connectivity index is 1.53. The van der Waals surface area contributed by atoms with Gasteiger partial charge in [-0.25, -0.2) is 4.39 Å². The summed E-state index contributed by atoms with van der Waals surface area (Å²) in [4.78, 5) is 14.1. The summed E-state index contributed by atoms with van der Waals surface area (Å²) >= 11 is 5.81. The molecule has 0 amide bonds. The zero-order chi connectivity index (χ0) is 25.4. The van der Waals surface area contributed by atoms with E-state index in [1.165, 1.54) is 6.07 Å². The highest BCUT2D eigenvalue weighted by Crippen LogP contribution is 2.26. The lowest BCUT2D eigenvalue weighted by atomic mass is 9.97. The van der Waals surface area contributed by atoms with Gasteiger partial charge in [-0.1, -0.05) is 41.4 Å². The number of carbonyl (C=O) groups excluding carboxylic acids is 1. The summed E-state index contributed by atoms with van der Waals surface area (Å²) < 4.78 is 24.9. The molecule has 0 aromatic heterocycles. The van der Waals surface area contributed by atoms with Crippen molar-refractivity contribution in [3.63, 3.8) is 0 Å². The number of benzene rings is 2. The van der Waals surface area contributed by atoms with E-state index in [1.807, 2.05) is 32.0 Å².